The zero-order chi connectivity index (χ0) is 15.5. The van der Waals surface area contributed by atoms with Gasteiger partial charge >= 0.3 is 5.97 Å². The van der Waals surface area contributed by atoms with Crippen molar-refractivity contribution >= 4 is 11.5 Å². The Hall–Kier alpha value is -2.75. The summed E-state index contributed by atoms with van der Waals surface area (Å²) < 4.78 is 12.7. The number of carbonyl (C=O) groups is 1. The third kappa shape index (κ3) is 2.55. The summed E-state index contributed by atoms with van der Waals surface area (Å²) in [5, 5.41) is 0. The van der Waals surface area contributed by atoms with Gasteiger partial charge in [-0.25, -0.2) is 4.79 Å². The van der Waals surface area contributed by atoms with Crippen molar-refractivity contribution < 1.29 is 14.3 Å². The van der Waals surface area contributed by atoms with Gasteiger partial charge in [0.25, 0.3) is 0 Å². The van der Waals surface area contributed by atoms with E-state index < -0.39 is 0 Å². The second-order valence-corrected chi connectivity index (χ2v) is 5.08. The molecule has 0 aliphatic heterocycles. The van der Waals surface area contributed by atoms with Gasteiger partial charge in [0, 0.05) is 12.4 Å². The highest BCUT2D eigenvalue weighted by Crippen LogP contribution is 2.28. The fraction of sp³-hybridized carbons (Fsp3) is 0.167. The molecule has 0 amide bonds. The van der Waals surface area contributed by atoms with Crippen LogP contribution in [0.15, 0.2) is 54.9 Å². The van der Waals surface area contributed by atoms with Gasteiger partial charge in [0.1, 0.15) is 17.9 Å². The van der Waals surface area contributed by atoms with Crippen LogP contribution in [0.2, 0.25) is 0 Å². The van der Waals surface area contributed by atoms with Crippen molar-refractivity contribution in [3.05, 3.63) is 71.5 Å². The molecule has 3 rings (SSSR count). The molecule has 0 atom stereocenters. The molecule has 0 saturated heterocycles. The Bertz CT molecular complexity index is 806. The van der Waals surface area contributed by atoms with Crippen LogP contribution >= 0.6 is 0 Å². The minimum Gasteiger partial charge on any atom is -0.487 e. The predicted molar refractivity (Wildman–Crippen MR) is 84.2 cm³/mol. The summed E-state index contributed by atoms with van der Waals surface area (Å²) in [4.78, 5) is 12.0. The zero-order valence-corrected chi connectivity index (χ0v) is 12.6. The van der Waals surface area contributed by atoms with Crippen molar-refractivity contribution in [2.24, 2.45) is 0 Å². The Kier molecular flexibility index (Phi) is 3.83. The summed E-state index contributed by atoms with van der Waals surface area (Å²) in [6.07, 6.45) is 3.79. The summed E-state index contributed by atoms with van der Waals surface area (Å²) in [6.45, 7) is 2.34. The summed E-state index contributed by atoms with van der Waals surface area (Å²) in [7, 11) is 1.39. The summed E-state index contributed by atoms with van der Waals surface area (Å²) in [5.41, 5.74) is 3.23. The van der Waals surface area contributed by atoms with E-state index in [2.05, 4.69) is 0 Å². The normalized spacial score (nSPS) is 10.6. The predicted octanol–water partition coefficient (Wildman–Crippen LogP) is 3.61. The molecule has 0 radical (unpaired) electrons. The molecule has 4 nitrogen and oxygen atoms in total. The van der Waals surface area contributed by atoms with Crippen LogP contribution in [-0.4, -0.2) is 17.5 Å². The van der Waals surface area contributed by atoms with Crippen molar-refractivity contribution in [3.63, 3.8) is 0 Å². The molecule has 3 aromatic rings. The highest BCUT2D eigenvalue weighted by atomic mass is 16.5. The Morgan fingerprint density at radius 1 is 1.14 bits per heavy atom. The minimum atomic E-state index is -0.351. The van der Waals surface area contributed by atoms with E-state index in [1.807, 2.05) is 66.2 Å². The largest absolute Gasteiger partial charge is 0.487 e. The van der Waals surface area contributed by atoms with Crippen molar-refractivity contribution in [2.75, 3.05) is 7.11 Å². The Balaban J connectivity index is 2.00. The van der Waals surface area contributed by atoms with Crippen molar-refractivity contribution in [1.29, 1.82) is 0 Å². The molecule has 112 valence electrons. The first kappa shape index (κ1) is 14.2. The molecule has 0 aliphatic rings. The van der Waals surface area contributed by atoms with Gasteiger partial charge in [-0.05, 0) is 30.2 Å². The molecular formula is C18H17NO3. The van der Waals surface area contributed by atoms with E-state index in [9.17, 15) is 4.79 Å². The molecule has 0 fully saturated rings. The number of fused-ring (bicyclic) bond motifs is 1. The van der Waals surface area contributed by atoms with E-state index in [1.54, 1.807) is 0 Å². The topological polar surface area (TPSA) is 39.9 Å². The number of aromatic nitrogens is 1. The van der Waals surface area contributed by atoms with E-state index in [0.29, 0.717) is 17.9 Å². The van der Waals surface area contributed by atoms with Crippen molar-refractivity contribution in [2.45, 2.75) is 13.5 Å². The van der Waals surface area contributed by atoms with Gasteiger partial charge in [-0.3, -0.25) is 0 Å². The number of ether oxygens (including phenoxy) is 2. The molecule has 2 aromatic heterocycles. The SMILES string of the molecule is COC(=O)c1c(C)cn2cccc(OCc3ccccc3)c12. The first-order valence-electron chi connectivity index (χ1n) is 7.06. The third-order valence-electron chi connectivity index (χ3n) is 3.58. The number of esters is 1. The lowest BCUT2D eigenvalue weighted by molar-refractivity contribution is 0.0602. The van der Waals surface area contributed by atoms with Gasteiger partial charge in [0.05, 0.1) is 12.7 Å². The first-order valence-corrected chi connectivity index (χ1v) is 7.06. The third-order valence-corrected chi connectivity index (χ3v) is 3.58. The minimum absolute atomic E-state index is 0.351. The van der Waals surface area contributed by atoms with Crippen LogP contribution in [0.5, 0.6) is 5.75 Å². The molecule has 4 heteroatoms. The monoisotopic (exact) mass is 295 g/mol. The molecule has 0 saturated carbocycles. The molecule has 0 bridgehead atoms. The number of hydrogen-bond acceptors (Lipinski definition) is 3. The highest BCUT2D eigenvalue weighted by Gasteiger charge is 2.19. The van der Waals surface area contributed by atoms with E-state index in [1.165, 1.54) is 7.11 Å². The summed E-state index contributed by atoms with van der Waals surface area (Å²) in [5.74, 6) is 0.315. The molecule has 0 unspecified atom stereocenters. The molecule has 0 spiro atoms. The number of pyridine rings is 1. The quantitative estimate of drug-likeness (QED) is 0.690. The lowest BCUT2D eigenvalue weighted by Gasteiger charge is -2.09. The standard InChI is InChI=1S/C18H17NO3/c1-13-11-19-10-6-9-15(17(19)16(13)18(20)21-2)22-12-14-7-4-3-5-8-14/h3-11H,12H2,1-2H3. The maximum absolute atomic E-state index is 12.0. The molecule has 0 aliphatic carbocycles. The second kappa shape index (κ2) is 5.93. The smallest absolute Gasteiger partial charge is 0.340 e. The number of nitrogens with zero attached hydrogens (tertiary/aromatic N) is 1. The molecule has 2 heterocycles. The average Bonchev–Trinajstić information content (AvgIpc) is 2.89. The number of hydrogen-bond donors (Lipinski definition) is 0. The zero-order valence-electron chi connectivity index (χ0n) is 12.6. The van der Waals surface area contributed by atoms with Crippen LogP contribution in [0, 0.1) is 6.92 Å². The lowest BCUT2D eigenvalue weighted by atomic mass is 10.1. The van der Waals surface area contributed by atoms with Crippen molar-refractivity contribution in [3.8, 4) is 5.75 Å². The second-order valence-electron chi connectivity index (χ2n) is 5.08. The van der Waals surface area contributed by atoms with Crippen LogP contribution < -0.4 is 4.74 Å². The molecule has 0 N–H and O–H groups in total. The summed E-state index contributed by atoms with van der Waals surface area (Å²) in [6, 6.07) is 13.7. The number of aryl methyl sites for hydroxylation is 1. The lowest BCUT2D eigenvalue weighted by Crippen LogP contribution is -2.04. The summed E-state index contributed by atoms with van der Waals surface area (Å²) >= 11 is 0. The average molecular weight is 295 g/mol. The Morgan fingerprint density at radius 3 is 2.64 bits per heavy atom. The highest BCUT2D eigenvalue weighted by molar-refractivity contribution is 6.00. The van der Waals surface area contributed by atoms with Gasteiger partial charge in [-0.2, -0.15) is 0 Å². The van der Waals surface area contributed by atoms with Gasteiger partial charge in [-0.15, -0.1) is 0 Å². The van der Waals surface area contributed by atoms with Crippen molar-refractivity contribution in [1.82, 2.24) is 4.40 Å². The number of carbonyl (C=O) groups excluding carboxylic acids is 1. The fourth-order valence-corrected chi connectivity index (χ4v) is 2.54. The van der Waals surface area contributed by atoms with Gasteiger partial charge < -0.3 is 13.9 Å². The van der Waals surface area contributed by atoms with Crippen LogP contribution in [0.3, 0.4) is 0 Å². The fourth-order valence-electron chi connectivity index (χ4n) is 2.54. The van der Waals surface area contributed by atoms with Gasteiger partial charge in [-0.1, -0.05) is 30.3 Å². The molecular weight excluding hydrogens is 278 g/mol. The van der Waals surface area contributed by atoms with Crippen LogP contribution in [-0.2, 0) is 11.3 Å². The van der Waals surface area contributed by atoms with E-state index in [-0.39, 0.29) is 5.97 Å². The van der Waals surface area contributed by atoms with E-state index >= 15 is 0 Å². The van der Waals surface area contributed by atoms with Gasteiger partial charge in [0.15, 0.2) is 0 Å². The maximum Gasteiger partial charge on any atom is 0.340 e. The number of rotatable bonds is 4. The number of benzene rings is 1. The molecule has 1 aromatic carbocycles. The van der Waals surface area contributed by atoms with Crippen LogP contribution in [0.4, 0.5) is 0 Å². The van der Waals surface area contributed by atoms with E-state index in [0.717, 1.165) is 16.6 Å². The maximum atomic E-state index is 12.0. The van der Waals surface area contributed by atoms with Gasteiger partial charge in [0.2, 0.25) is 0 Å². The Morgan fingerprint density at radius 2 is 1.91 bits per heavy atom. The molecule has 22 heavy (non-hydrogen) atoms. The Labute approximate surface area is 128 Å². The first-order chi connectivity index (χ1) is 10.7. The number of methoxy groups -OCH3 is 1. The van der Waals surface area contributed by atoms with Crippen LogP contribution in [0.1, 0.15) is 21.5 Å². The van der Waals surface area contributed by atoms with Crippen LogP contribution in [0.25, 0.3) is 5.52 Å². The van der Waals surface area contributed by atoms with E-state index in [4.69, 9.17) is 9.47 Å².